The van der Waals surface area contributed by atoms with Crippen molar-refractivity contribution in [2.75, 3.05) is 17.2 Å². The molecule has 0 amide bonds. The van der Waals surface area contributed by atoms with Crippen molar-refractivity contribution in [2.45, 2.75) is 34.3 Å². The number of fused-ring (bicyclic) bond motifs is 1. The number of hydrogen-bond acceptors (Lipinski definition) is 8. The largest absolute Gasteiger partial charge is 0.368 e. The highest BCUT2D eigenvalue weighted by Crippen LogP contribution is 2.29. The first-order valence-electron chi connectivity index (χ1n) is 9.14. The van der Waals surface area contributed by atoms with Crippen molar-refractivity contribution in [2.24, 2.45) is 0 Å². The summed E-state index contributed by atoms with van der Waals surface area (Å²) in [4.78, 5) is 18.0. The molecule has 0 fully saturated rings. The van der Waals surface area contributed by atoms with Gasteiger partial charge in [-0.3, -0.25) is 4.98 Å². The van der Waals surface area contributed by atoms with E-state index in [1.54, 1.807) is 23.5 Å². The molecule has 150 valence electrons. The monoisotopic (exact) mass is 443 g/mol. The van der Waals surface area contributed by atoms with Crippen LogP contribution < -0.4 is 5.73 Å². The van der Waals surface area contributed by atoms with Crippen LogP contribution in [0.4, 0.5) is 5.95 Å². The Balaban J connectivity index is 1.28. The van der Waals surface area contributed by atoms with Gasteiger partial charge in [0.2, 0.25) is 11.1 Å². The molecule has 3 heterocycles. The number of imidazole rings is 1. The molecular weight excluding hydrogens is 422 g/mol. The number of nitrogens with zero attached hydrogens (tertiary/aromatic N) is 4. The van der Waals surface area contributed by atoms with E-state index in [0.29, 0.717) is 11.1 Å². The zero-order valence-corrected chi connectivity index (χ0v) is 18.3. The molecule has 0 aliphatic carbocycles. The number of para-hydroxylation sites is 2. The number of nitrogens with two attached hydrogens (primary N) is 1. The maximum absolute atomic E-state index is 5.54. The van der Waals surface area contributed by atoms with E-state index < -0.39 is 0 Å². The Kier molecular flexibility index (Phi) is 6.63. The van der Waals surface area contributed by atoms with Crippen LogP contribution in [-0.4, -0.2) is 41.6 Å². The van der Waals surface area contributed by atoms with Crippen molar-refractivity contribution < 1.29 is 0 Å². The molecular formula is C19H21N7S3. The van der Waals surface area contributed by atoms with Crippen LogP contribution in [0.25, 0.3) is 11.0 Å². The normalized spacial score (nSPS) is 11.3. The highest BCUT2D eigenvalue weighted by molar-refractivity contribution is 8.00. The molecule has 0 saturated heterocycles. The van der Waals surface area contributed by atoms with Crippen LogP contribution in [0.1, 0.15) is 17.7 Å². The first-order chi connectivity index (χ1) is 14.2. The van der Waals surface area contributed by atoms with Gasteiger partial charge in [0.05, 0.1) is 16.7 Å². The van der Waals surface area contributed by atoms with Crippen molar-refractivity contribution in [3.8, 4) is 0 Å². The van der Waals surface area contributed by atoms with Gasteiger partial charge in [-0.1, -0.05) is 35.7 Å². The molecule has 7 nitrogen and oxygen atoms in total. The summed E-state index contributed by atoms with van der Waals surface area (Å²) in [6, 6.07) is 10.2. The van der Waals surface area contributed by atoms with Gasteiger partial charge in [-0.05, 0) is 42.9 Å². The predicted molar refractivity (Wildman–Crippen MR) is 121 cm³/mol. The molecule has 0 aliphatic rings. The van der Waals surface area contributed by atoms with Crippen LogP contribution in [0.3, 0.4) is 0 Å². The number of aromatic nitrogens is 6. The molecule has 0 spiro atoms. The van der Waals surface area contributed by atoms with E-state index in [1.165, 1.54) is 10.5 Å². The number of aromatic amines is 2. The molecule has 0 radical (unpaired) electrons. The Morgan fingerprint density at radius 1 is 1.03 bits per heavy atom. The fourth-order valence-corrected chi connectivity index (χ4v) is 5.56. The number of H-pyrrole nitrogens is 2. The number of hydrogen-bond donors (Lipinski definition) is 3. The van der Waals surface area contributed by atoms with Gasteiger partial charge in [0, 0.05) is 22.6 Å². The zero-order chi connectivity index (χ0) is 20.1. The molecule has 10 heteroatoms. The Labute approximate surface area is 181 Å². The Bertz CT molecular complexity index is 1060. The molecule has 1 aromatic carbocycles. The van der Waals surface area contributed by atoms with E-state index >= 15 is 0 Å². The summed E-state index contributed by atoms with van der Waals surface area (Å²) >= 11 is 5.17. The summed E-state index contributed by atoms with van der Waals surface area (Å²) in [5.41, 5.74) is 9.95. The summed E-state index contributed by atoms with van der Waals surface area (Å²) in [6.07, 6.45) is 2.96. The first kappa shape index (κ1) is 20.1. The van der Waals surface area contributed by atoms with Crippen molar-refractivity contribution in [1.29, 1.82) is 0 Å². The molecule has 0 saturated carbocycles. The molecule has 4 rings (SSSR count). The van der Waals surface area contributed by atoms with E-state index in [1.807, 2.05) is 42.2 Å². The summed E-state index contributed by atoms with van der Waals surface area (Å²) in [5.74, 6) is 3.15. The molecule has 0 bridgehead atoms. The van der Waals surface area contributed by atoms with Crippen LogP contribution in [0.5, 0.6) is 0 Å². The van der Waals surface area contributed by atoms with Crippen molar-refractivity contribution in [1.82, 2.24) is 30.1 Å². The molecule has 4 N–H and O–H groups in total. The summed E-state index contributed by atoms with van der Waals surface area (Å²) in [5, 5.41) is 8.32. The van der Waals surface area contributed by atoms with E-state index in [9.17, 15) is 0 Å². The average molecular weight is 444 g/mol. The fraction of sp³-hybridized carbons (Fsp3) is 0.263. The Hall–Kier alpha value is -2.17. The number of thioether (sulfide) groups is 3. The molecule has 0 aliphatic heterocycles. The highest BCUT2D eigenvalue weighted by Gasteiger charge is 2.09. The minimum absolute atomic E-state index is 0.363. The van der Waals surface area contributed by atoms with E-state index in [4.69, 9.17) is 5.73 Å². The minimum atomic E-state index is 0.363. The van der Waals surface area contributed by atoms with E-state index in [-0.39, 0.29) is 0 Å². The lowest BCUT2D eigenvalue weighted by Gasteiger charge is -2.09. The smallest absolute Gasteiger partial charge is 0.216 e. The van der Waals surface area contributed by atoms with Crippen LogP contribution in [0.2, 0.25) is 0 Å². The summed E-state index contributed by atoms with van der Waals surface area (Å²) < 4.78 is 0. The number of nitrogen functional groups attached to an aromatic ring is 1. The van der Waals surface area contributed by atoms with Crippen LogP contribution in [0.15, 0.2) is 51.7 Å². The predicted octanol–water partition coefficient (Wildman–Crippen LogP) is 4.53. The Morgan fingerprint density at radius 3 is 2.72 bits per heavy atom. The number of pyridine rings is 1. The lowest BCUT2D eigenvalue weighted by Crippen LogP contribution is -1.95. The number of rotatable bonds is 9. The van der Waals surface area contributed by atoms with Gasteiger partial charge in [0.1, 0.15) is 0 Å². The average Bonchev–Trinajstić information content (AvgIpc) is 3.33. The van der Waals surface area contributed by atoms with Crippen LogP contribution in [0, 0.1) is 6.92 Å². The minimum Gasteiger partial charge on any atom is -0.368 e. The second-order valence-corrected chi connectivity index (χ2v) is 9.45. The molecule has 0 atom stereocenters. The highest BCUT2D eigenvalue weighted by atomic mass is 32.2. The first-order valence-corrected chi connectivity index (χ1v) is 12.1. The van der Waals surface area contributed by atoms with Gasteiger partial charge < -0.3 is 10.7 Å². The van der Waals surface area contributed by atoms with Crippen molar-refractivity contribution >= 4 is 52.3 Å². The molecule has 4 aromatic rings. The van der Waals surface area contributed by atoms with Gasteiger partial charge in [-0.2, -0.15) is 4.98 Å². The maximum atomic E-state index is 5.54. The fourth-order valence-electron chi connectivity index (χ4n) is 2.72. The topological polar surface area (TPSA) is 109 Å². The number of anilines is 1. The van der Waals surface area contributed by atoms with Crippen molar-refractivity contribution in [3.05, 3.63) is 47.8 Å². The lowest BCUT2D eigenvalue weighted by molar-refractivity contribution is 0.969. The second kappa shape index (κ2) is 9.55. The van der Waals surface area contributed by atoms with E-state index in [0.717, 1.165) is 45.6 Å². The third-order valence-corrected chi connectivity index (χ3v) is 7.30. The lowest BCUT2D eigenvalue weighted by atomic mass is 10.2. The van der Waals surface area contributed by atoms with Gasteiger partial charge in [0.25, 0.3) is 0 Å². The number of nitrogens with one attached hydrogen (secondary N) is 2. The SMILES string of the molecule is Cc1c(SCCCSc2n[nH]c(N)n2)ccnc1CSc1nc2ccccc2[nH]1. The third kappa shape index (κ3) is 5.26. The quantitative estimate of drug-likeness (QED) is 0.256. The van der Waals surface area contributed by atoms with Gasteiger partial charge in [-0.15, -0.1) is 16.9 Å². The standard InChI is InChI=1S/C19H21N7S3/c1-12-15(11-29-18-22-13-5-2-3-6-14(13)23-18)21-8-7-16(12)27-9-4-10-28-19-24-17(20)25-26-19/h2-3,5-8H,4,9-11H2,1H3,(H,22,23)(H3,20,24,25,26). The van der Waals surface area contributed by atoms with Gasteiger partial charge in [0.15, 0.2) is 5.16 Å². The third-order valence-electron chi connectivity index (χ3n) is 4.23. The Morgan fingerprint density at radius 2 is 1.90 bits per heavy atom. The maximum Gasteiger partial charge on any atom is 0.216 e. The summed E-state index contributed by atoms with van der Waals surface area (Å²) in [6.45, 7) is 2.15. The second-order valence-electron chi connectivity index (χ2n) is 6.28. The van der Waals surface area contributed by atoms with Gasteiger partial charge in [-0.25, -0.2) is 10.1 Å². The molecule has 0 unspecified atom stereocenters. The van der Waals surface area contributed by atoms with E-state index in [2.05, 4.69) is 43.1 Å². The van der Waals surface area contributed by atoms with Gasteiger partial charge >= 0.3 is 0 Å². The van der Waals surface area contributed by atoms with Crippen LogP contribution >= 0.6 is 35.3 Å². The molecule has 29 heavy (non-hydrogen) atoms. The zero-order valence-electron chi connectivity index (χ0n) is 15.9. The van der Waals surface area contributed by atoms with Crippen LogP contribution in [-0.2, 0) is 5.75 Å². The molecule has 3 aromatic heterocycles. The number of benzene rings is 1. The van der Waals surface area contributed by atoms with Crippen molar-refractivity contribution in [3.63, 3.8) is 0 Å². The summed E-state index contributed by atoms with van der Waals surface area (Å²) in [7, 11) is 0.